The Labute approximate surface area is 221 Å². The van der Waals surface area contributed by atoms with E-state index in [1.165, 1.54) is 38.3 Å². The van der Waals surface area contributed by atoms with Gasteiger partial charge in [0.05, 0.1) is 19.3 Å². The molecule has 0 spiro atoms. The van der Waals surface area contributed by atoms with Crippen LogP contribution in [0.2, 0.25) is 0 Å². The van der Waals surface area contributed by atoms with Crippen molar-refractivity contribution in [3.8, 4) is 11.5 Å². The molecule has 0 saturated carbocycles. The Morgan fingerprint density at radius 2 is 1.92 bits per heavy atom. The smallest absolute Gasteiger partial charge is 0.333 e. The van der Waals surface area contributed by atoms with E-state index in [2.05, 4.69) is 6.58 Å². The molecule has 2 rings (SSSR count). The Hall–Kier alpha value is -2.55. The van der Waals surface area contributed by atoms with Crippen LogP contribution in [0, 0.1) is 0 Å². The van der Waals surface area contributed by atoms with Crippen LogP contribution in [0.5, 0.6) is 11.5 Å². The fourth-order valence-corrected chi connectivity index (χ4v) is 3.69. The average Bonchev–Trinajstić information content (AvgIpc) is 2.90. The molecule has 0 aliphatic carbocycles. The van der Waals surface area contributed by atoms with Gasteiger partial charge in [0.2, 0.25) is 0 Å². The molecule has 214 valence electrons. The van der Waals surface area contributed by atoms with Gasteiger partial charge in [-0.05, 0) is 44.4 Å². The van der Waals surface area contributed by atoms with Crippen molar-refractivity contribution >= 4 is 5.97 Å². The molecule has 0 amide bonds. The molecule has 1 saturated heterocycles. The maximum absolute atomic E-state index is 12.3. The van der Waals surface area contributed by atoms with Crippen molar-refractivity contribution in [2.75, 3.05) is 20.3 Å². The number of methoxy groups -OCH3 is 1. The Morgan fingerprint density at radius 1 is 1.24 bits per heavy atom. The fraction of sp³-hybridized carbons (Fsp3) is 0.577. The highest BCUT2D eigenvalue weighted by Gasteiger charge is 2.46. The van der Waals surface area contributed by atoms with E-state index >= 15 is 0 Å². The molecule has 1 unspecified atom stereocenters. The van der Waals surface area contributed by atoms with Gasteiger partial charge in [0.1, 0.15) is 43.2 Å². The maximum atomic E-state index is 12.3. The predicted octanol–water partition coefficient (Wildman–Crippen LogP) is -0.174. The summed E-state index contributed by atoms with van der Waals surface area (Å²) in [4.78, 5) is 12.3. The van der Waals surface area contributed by atoms with E-state index in [9.17, 15) is 40.5 Å². The van der Waals surface area contributed by atoms with Crippen molar-refractivity contribution in [2.24, 2.45) is 0 Å². The van der Waals surface area contributed by atoms with E-state index in [1.807, 2.05) is 0 Å². The number of aromatic hydroxyl groups is 1. The standard InChI is InChI=1S/C26H38O12/c1-5-26(3,34)10-6-7-14(2)24(33)36-13-19-21(30)22(31)23(32)25(38-19)37-18(12-27)20(29)15-8-9-16(28)17(11-15)35-4/h5,7-9,11,18-23,25,27-32,34H,1,6,10,12-13H2,2-4H3/b14-7+/t18-,19+,20-,21+,22-,23+,25+,26?/m0/s1. The van der Waals surface area contributed by atoms with Gasteiger partial charge in [-0.3, -0.25) is 0 Å². The topological polar surface area (TPSA) is 196 Å². The zero-order valence-corrected chi connectivity index (χ0v) is 21.6. The van der Waals surface area contributed by atoms with E-state index in [0.717, 1.165) is 0 Å². The highest BCUT2D eigenvalue weighted by atomic mass is 16.7. The summed E-state index contributed by atoms with van der Waals surface area (Å²) < 4.78 is 21.3. The molecule has 8 atom stereocenters. The third-order valence-electron chi connectivity index (χ3n) is 6.30. The second kappa shape index (κ2) is 14.0. The number of ether oxygens (including phenoxy) is 4. The highest BCUT2D eigenvalue weighted by Crippen LogP contribution is 2.32. The number of phenolic OH excluding ortho intramolecular Hbond substituents is 1. The first-order chi connectivity index (χ1) is 17.8. The van der Waals surface area contributed by atoms with Gasteiger partial charge >= 0.3 is 5.97 Å². The van der Waals surface area contributed by atoms with Crippen molar-refractivity contribution < 1.29 is 59.5 Å². The third kappa shape index (κ3) is 8.22. The van der Waals surface area contributed by atoms with Crippen LogP contribution in [0.15, 0.2) is 42.5 Å². The van der Waals surface area contributed by atoms with Crippen LogP contribution in [-0.4, -0.2) is 104 Å². The number of carbonyl (C=O) groups is 1. The van der Waals surface area contributed by atoms with Crippen LogP contribution in [0.25, 0.3) is 0 Å². The first-order valence-electron chi connectivity index (χ1n) is 12.1. The van der Waals surface area contributed by atoms with Crippen molar-refractivity contribution in [1.29, 1.82) is 0 Å². The third-order valence-corrected chi connectivity index (χ3v) is 6.30. The Morgan fingerprint density at radius 3 is 2.53 bits per heavy atom. The minimum Gasteiger partial charge on any atom is -0.504 e. The van der Waals surface area contributed by atoms with E-state index in [1.54, 1.807) is 13.0 Å². The van der Waals surface area contributed by atoms with Crippen molar-refractivity contribution in [3.63, 3.8) is 0 Å². The summed E-state index contributed by atoms with van der Waals surface area (Å²) in [6.07, 6.45) is -7.18. The van der Waals surface area contributed by atoms with Gasteiger partial charge in [-0.25, -0.2) is 4.79 Å². The molecule has 38 heavy (non-hydrogen) atoms. The number of aliphatic hydroxyl groups is 6. The van der Waals surface area contributed by atoms with E-state index in [-0.39, 0.29) is 22.6 Å². The molecule has 12 heteroatoms. The molecular weight excluding hydrogens is 504 g/mol. The summed E-state index contributed by atoms with van der Waals surface area (Å²) >= 11 is 0. The molecule has 0 aromatic heterocycles. The average molecular weight is 543 g/mol. The molecule has 1 heterocycles. The predicted molar refractivity (Wildman–Crippen MR) is 133 cm³/mol. The summed E-state index contributed by atoms with van der Waals surface area (Å²) in [5.74, 6) is -0.815. The van der Waals surface area contributed by atoms with E-state index in [0.29, 0.717) is 12.8 Å². The summed E-state index contributed by atoms with van der Waals surface area (Å²) in [6, 6.07) is 3.99. The Kier molecular flexibility index (Phi) is 11.7. The van der Waals surface area contributed by atoms with Crippen LogP contribution >= 0.6 is 0 Å². The summed E-state index contributed by atoms with van der Waals surface area (Å²) in [6.45, 7) is 5.42. The van der Waals surface area contributed by atoms with Gasteiger partial charge in [0.25, 0.3) is 0 Å². The molecule has 0 bridgehead atoms. The number of benzene rings is 1. The molecular formula is C26H38O12. The lowest BCUT2D eigenvalue weighted by Gasteiger charge is -2.41. The quantitative estimate of drug-likeness (QED) is 0.0989. The summed E-state index contributed by atoms with van der Waals surface area (Å²) in [7, 11) is 1.32. The van der Waals surface area contributed by atoms with Gasteiger partial charge in [0, 0.05) is 5.57 Å². The Bertz CT molecular complexity index is 962. The second-order valence-corrected chi connectivity index (χ2v) is 9.33. The zero-order valence-electron chi connectivity index (χ0n) is 21.6. The fourth-order valence-electron chi connectivity index (χ4n) is 3.69. The van der Waals surface area contributed by atoms with Crippen LogP contribution in [0.1, 0.15) is 38.4 Å². The number of hydrogen-bond donors (Lipinski definition) is 7. The SMILES string of the molecule is C=CC(C)(O)CC/C=C(\C)C(=O)OC[C@H]1O[C@@H](O[C@@H](CO)[C@@H](O)c2ccc(O)c(OC)c2)[C@H](O)[C@@H](O)[C@@H]1O. The monoisotopic (exact) mass is 542 g/mol. The lowest BCUT2D eigenvalue weighted by Crippen LogP contribution is -2.60. The van der Waals surface area contributed by atoms with Gasteiger partial charge < -0.3 is 54.7 Å². The maximum Gasteiger partial charge on any atom is 0.333 e. The summed E-state index contributed by atoms with van der Waals surface area (Å²) in [5.41, 5.74) is -0.621. The molecule has 12 nitrogen and oxygen atoms in total. The molecule has 1 aliphatic heterocycles. The number of hydrogen-bond acceptors (Lipinski definition) is 12. The minimum absolute atomic E-state index is 0.0723. The van der Waals surface area contributed by atoms with Crippen molar-refractivity contribution in [3.05, 3.63) is 48.1 Å². The van der Waals surface area contributed by atoms with Crippen LogP contribution in [-0.2, 0) is 19.0 Å². The van der Waals surface area contributed by atoms with E-state index in [4.69, 9.17) is 18.9 Å². The Balaban J connectivity index is 2.04. The molecule has 1 fully saturated rings. The highest BCUT2D eigenvalue weighted by molar-refractivity contribution is 5.87. The number of rotatable bonds is 13. The number of allylic oxidation sites excluding steroid dienone is 1. The van der Waals surface area contributed by atoms with Gasteiger partial charge in [-0.2, -0.15) is 0 Å². The molecule has 7 N–H and O–H groups in total. The first kappa shape index (κ1) is 31.7. The number of aliphatic hydroxyl groups excluding tert-OH is 5. The normalized spacial score (nSPS) is 27.2. The largest absolute Gasteiger partial charge is 0.504 e. The van der Waals surface area contributed by atoms with Crippen molar-refractivity contribution in [1.82, 2.24) is 0 Å². The van der Waals surface area contributed by atoms with Crippen LogP contribution in [0.3, 0.4) is 0 Å². The lowest BCUT2D eigenvalue weighted by molar-refractivity contribution is -0.319. The second-order valence-electron chi connectivity index (χ2n) is 9.33. The zero-order chi connectivity index (χ0) is 28.6. The number of esters is 1. The molecule has 1 aliphatic rings. The molecule has 1 aromatic rings. The molecule has 0 radical (unpaired) electrons. The minimum atomic E-state index is -1.76. The first-order valence-corrected chi connectivity index (χ1v) is 12.1. The summed E-state index contributed by atoms with van der Waals surface area (Å²) in [5, 5.41) is 71.2. The lowest BCUT2D eigenvalue weighted by atomic mass is 9.98. The van der Waals surface area contributed by atoms with Gasteiger partial charge in [0.15, 0.2) is 17.8 Å². The van der Waals surface area contributed by atoms with Gasteiger partial charge in [-0.1, -0.05) is 18.2 Å². The molecule has 1 aromatic carbocycles. The van der Waals surface area contributed by atoms with Crippen LogP contribution < -0.4 is 4.74 Å². The van der Waals surface area contributed by atoms with E-state index < -0.39 is 67.7 Å². The number of carbonyl (C=O) groups excluding carboxylic acids is 1. The van der Waals surface area contributed by atoms with Crippen molar-refractivity contribution in [2.45, 2.75) is 75.2 Å². The van der Waals surface area contributed by atoms with Gasteiger partial charge in [-0.15, -0.1) is 6.58 Å². The van der Waals surface area contributed by atoms with Crippen LogP contribution in [0.4, 0.5) is 0 Å². The number of phenols is 1.